The van der Waals surface area contributed by atoms with Crippen LogP contribution in [0.25, 0.3) is 0 Å². The number of hydrogen-bond acceptors (Lipinski definition) is 4. The molecular weight excluding hydrogens is 294 g/mol. The SMILES string of the molecule is Cc1ccc(C(=O)NCCN=Cc2ccc([N+](=O)[O-])cc2)cc1. The molecule has 0 unspecified atom stereocenters. The number of carbonyl (C=O) groups excluding carboxylic acids is 1. The van der Waals surface area contributed by atoms with Crippen LogP contribution in [0.4, 0.5) is 5.69 Å². The molecule has 118 valence electrons. The number of hydrogen-bond donors (Lipinski definition) is 1. The zero-order valence-corrected chi connectivity index (χ0v) is 12.7. The molecule has 1 amide bonds. The molecule has 2 aromatic carbocycles. The van der Waals surface area contributed by atoms with E-state index in [1.165, 1.54) is 12.1 Å². The number of carbonyl (C=O) groups is 1. The number of nitro benzene ring substituents is 1. The molecule has 0 spiro atoms. The number of aliphatic imine (C=N–C) groups is 1. The van der Waals surface area contributed by atoms with Gasteiger partial charge in [0.25, 0.3) is 11.6 Å². The average Bonchev–Trinajstić information content (AvgIpc) is 2.55. The van der Waals surface area contributed by atoms with Crippen molar-refractivity contribution in [2.24, 2.45) is 4.99 Å². The van der Waals surface area contributed by atoms with Crippen molar-refractivity contribution in [2.75, 3.05) is 13.1 Å². The van der Waals surface area contributed by atoms with E-state index in [1.807, 2.05) is 19.1 Å². The van der Waals surface area contributed by atoms with Gasteiger partial charge in [0.15, 0.2) is 0 Å². The fraction of sp³-hybridized carbons (Fsp3) is 0.176. The van der Waals surface area contributed by atoms with E-state index in [2.05, 4.69) is 10.3 Å². The summed E-state index contributed by atoms with van der Waals surface area (Å²) in [6.07, 6.45) is 1.63. The first kappa shape index (κ1) is 16.4. The normalized spacial score (nSPS) is 10.7. The molecule has 2 rings (SSSR count). The largest absolute Gasteiger partial charge is 0.350 e. The average molecular weight is 311 g/mol. The highest BCUT2D eigenvalue weighted by Gasteiger charge is 2.04. The van der Waals surface area contributed by atoms with Crippen molar-refractivity contribution in [3.63, 3.8) is 0 Å². The van der Waals surface area contributed by atoms with Crippen LogP contribution in [0.3, 0.4) is 0 Å². The molecule has 1 N–H and O–H groups in total. The second-order valence-electron chi connectivity index (χ2n) is 5.01. The Morgan fingerprint density at radius 3 is 2.43 bits per heavy atom. The van der Waals surface area contributed by atoms with Crippen LogP contribution in [0.1, 0.15) is 21.5 Å². The van der Waals surface area contributed by atoms with Gasteiger partial charge in [0.1, 0.15) is 0 Å². The van der Waals surface area contributed by atoms with Gasteiger partial charge in [0, 0.05) is 30.5 Å². The Bertz CT molecular complexity index is 707. The van der Waals surface area contributed by atoms with E-state index >= 15 is 0 Å². The van der Waals surface area contributed by atoms with Crippen LogP contribution in [0.2, 0.25) is 0 Å². The first-order valence-corrected chi connectivity index (χ1v) is 7.15. The zero-order chi connectivity index (χ0) is 16.7. The van der Waals surface area contributed by atoms with E-state index in [0.29, 0.717) is 18.7 Å². The zero-order valence-electron chi connectivity index (χ0n) is 12.7. The maximum absolute atomic E-state index is 11.9. The quantitative estimate of drug-likeness (QED) is 0.385. The van der Waals surface area contributed by atoms with Crippen molar-refractivity contribution in [3.8, 4) is 0 Å². The van der Waals surface area contributed by atoms with Gasteiger partial charge in [-0.1, -0.05) is 17.7 Å². The smallest absolute Gasteiger partial charge is 0.269 e. The predicted octanol–water partition coefficient (Wildman–Crippen LogP) is 2.75. The monoisotopic (exact) mass is 311 g/mol. The van der Waals surface area contributed by atoms with Crippen LogP contribution in [0, 0.1) is 17.0 Å². The van der Waals surface area contributed by atoms with Gasteiger partial charge in [-0.05, 0) is 36.8 Å². The summed E-state index contributed by atoms with van der Waals surface area (Å²) >= 11 is 0. The maximum Gasteiger partial charge on any atom is 0.269 e. The Morgan fingerprint density at radius 2 is 1.83 bits per heavy atom. The Hall–Kier alpha value is -3.02. The first-order chi connectivity index (χ1) is 11.1. The van der Waals surface area contributed by atoms with Crippen LogP contribution in [0.15, 0.2) is 53.5 Å². The molecule has 0 bridgehead atoms. The van der Waals surface area contributed by atoms with Crippen LogP contribution in [-0.4, -0.2) is 30.1 Å². The lowest BCUT2D eigenvalue weighted by atomic mass is 10.1. The van der Waals surface area contributed by atoms with Crippen molar-refractivity contribution in [3.05, 3.63) is 75.3 Å². The van der Waals surface area contributed by atoms with Crippen LogP contribution < -0.4 is 5.32 Å². The Morgan fingerprint density at radius 1 is 1.17 bits per heavy atom. The lowest BCUT2D eigenvalue weighted by molar-refractivity contribution is -0.384. The molecule has 0 aromatic heterocycles. The number of aryl methyl sites for hydroxylation is 1. The number of non-ortho nitro benzene ring substituents is 1. The number of benzene rings is 2. The van der Waals surface area contributed by atoms with Gasteiger partial charge in [-0.3, -0.25) is 19.9 Å². The highest BCUT2D eigenvalue weighted by molar-refractivity contribution is 5.94. The van der Waals surface area contributed by atoms with Gasteiger partial charge >= 0.3 is 0 Å². The van der Waals surface area contributed by atoms with Crippen molar-refractivity contribution in [2.45, 2.75) is 6.92 Å². The van der Waals surface area contributed by atoms with Gasteiger partial charge in [-0.15, -0.1) is 0 Å². The highest BCUT2D eigenvalue weighted by atomic mass is 16.6. The maximum atomic E-state index is 11.9. The van der Waals surface area contributed by atoms with E-state index in [9.17, 15) is 14.9 Å². The minimum atomic E-state index is -0.443. The molecule has 0 fully saturated rings. The molecule has 0 radical (unpaired) electrons. The third kappa shape index (κ3) is 5.03. The molecule has 23 heavy (non-hydrogen) atoms. The van der Waals surface area contributed by atoms with Gasteiger partial charge in [0.05, 0.1) is 11.5 Å². The van der Waals surface area contributed by atoms with Crippen molar-refractivity contribution in [1.29, 1.82) is 0 Å². The summed E-state index contributed by atoms with van der Waals surface area (Å²) in [6.45, 7) is 2.83. The van der Waals surface area contributed by atoms with Crippen molar-refractivity contribution < 1.29 is 9.72 Å². The fourth-order valence-electron chi connectivity index (χ4n) is 1.89. The van der Waals surface area contributed by atoms with Crippen molar-refractivity contribution >= 4 is 17.8 Å². The third-order valence-corrected chi connectivity index (χ3v) is 3.18. The summed E-state index contributed by atoms with van der Waals surface area (Å²) in [6, 6.07) is 13.5. The number of amides is 1. The van der Waals surface area contributed by atoms with E-state index in [1.54, 1.807) is 30.5 Å². The number of nitrogens with one attached hydrogen (secondary N) is 1. The number of nitro groups is 1. The lowest BCUT2D eigenvalue weighted by Gasteiger charge is -2.03. The molecule has 6 heteroatoms. The molecule has 0 aliphatic rings. The molecule has 2 aromatic rings. The Kier molecular flexibility index (Phi) is 5.57. The van der Waals surface area contributed by atoms with Gasteiger partial charge in [-0.2, -0.15) is 0 Å². The highest BCUT2D eigenvalue weighted by Crippen LogP contribution is 2.10. The molecule has 0 aliphatic carbocycles. The van der Waals surface area contributed by atoms with Crippen molar-refractivity contribution in [1.82, 2.24) is 5.32 Å². The minimum Gasteiger partial charge on any atom is -0.350 e. The summed E-state index contributed by atoms with van der Waals surface area (Å²) in [7, 11) is 0. The molecule has 0 aliphatic heterocycles. The summed E-state index contributed by atoms with van der Waals surface area (Å²) in [4.78, 5) is 26.1. The van der Waals surface area contributed by atoms with E-state index in [4.69, 9.17) is 0 Å². The third-order valence-electron chi connectivity index (χ3n) is 3.18. The molecular formula is C17H17N3O3. The molecule has 0 atom stereocenters. The molecule has 0 saturated heterocycles. The summed E-state index contributed by atoms with van der Waals surface area (Å²) in [5, 5.41) is 13.3. The van der Waals surface area contributed by atoms with Crippen LogP contribution in [-0.2, 0) is 0 Å². The van der Waals surface area contributed by atoms with E-state index < -0.39 is 4.92 Å². The fourth-order valence-corrected chi connectivity index (χ4v) is 1.89. The van der Waals surface area contributed by atoms with Gasteiger partial charge < -0.3 is 5.32 Å². The van der Waals surface area contributed by atoms with Crippen LogP contribution in [0.5, 0.6) is 0 Å². The van der Waals surface area contributed by atoms with E-state index in [-0.39, 0.29) is 11.6 Å². The van der Waals surface area contributed by atoms with E-state index in [0.717, 1.165) is 11.1 Å². The predicted molar refractivity (Wildman–Crippen MR) is 89.1 cm³/mol. The standard InChI is InChI=1S/C17H17N3O3/c1-13-2-6-15(7-3-13)17(21)19-11-10-18-12-14-4-8-16(9-5-14)20(22)23/h2-9,12H,10-11H2,1H3,(H,19,21). The summed E-state index contributed by atoms with van der Waals surface area (Å²) in [5.41, 5.74) is 2.55. The first-order valence-electron chi connectivity index (χ1n) is 7.15. The summed E-state index contributed by atoms with van der Waals surface area (Å²) < 4.78 is 0. The molecule has 6 nitrogen and oxygen atoms in total. The second kappa shape index (κ2) is 7.84. The number of nitrogens with zero attached hydrogens (tertiary/aromatic N) is 2. The lowest BCUT2D eigenvalue weighted by Crippen LogP contribution is -2.25. The van der Waals surface area contributed by atoms with Gasteiger partial charge in [0.2, 0.25) is 0 Å². The topological polar surface area (TPSA) is 84.6 Å². The van der Waals surface area contributed by atoms with Gasteiger partial charge in [-0.25, -0.2) is 0 Å². The minimum absolute atomic E-state index is 0.0486. The summed E-state index contributed by atoms with van der Waals surface area (Å²) in [5.74, 6) is -0.129. The number of rotatable bonds is 6. The molecule has 0 heterocycles. The molecule has 0 saturated carbocycles. The van der Waals surface area contributed by atoms with Crippen LogP contribution >= 0.6 is 0 Å². The second-order valence-corrected chi connectivity index (χ2v) is 5.01. The Balaban J connectivity index is 1.77. The Labute approximate surface area is 134 Å².